The average molecular weight is 823 g/mol. The lowest BCUT2D eigenvalue weighted by molar-refractivity contribution is -0.161. The Morgan fingerprint density at radius 2 is 1.11 bits per heavy atom. The number of phosphoric ester groups is 1. The summed E-state index contributed by atoms with van der Waals surface area (Å²) >= 11 is 0. The summed E-state index contributed by atoms with van der Waals surface area (Å²) in [4.78, 5) is 42.9. The van der Waals surface area contributed by atoms with Gasteiger partial charge in [-0.05, 0) is 50.9 Å². The van der Waals surface area contributed by atoms with Crippen LogP contribution in [0.2, 0.25) is 0 Å². The molecule has 0 heterocycles. The van der Waals surface area contributed by atoms with Crippen molar-refractivity contribution in [3.05, 3.63) is 60.8 Å². The molecule has 57 heavy (non-hydrogen) atoms. The van der Waals surface area contributed by atoms with Crippen molar-refractivity contribution < 1.29 is 43.0 Å². The van der Waals surface area contributed by atoms with Gasteiger partial charge in [0, 0.05) is 12.8 Å². The molecule has 0 rings (SSSR count). The third kappa shape index (κ3) is 44.7. The van der Waals surface area contributed by atoms with E-state index in [1.165, 1.54) is 96.3 Å². The van der Waals surface area contributed by atoms with Crippen LogP contribution in [0.4, 0.5) is 0 Å². The molecule has 0 aliphatic heterocycles. The number of aliphatic hydroxyl groups is 1. The quantitative estimate of drug-likeness (QED) is 0.0181. The highest BCUT2D eigenvalue weighted by Gasteiger charge is 2.22. The van der Waals surface area contributed by atoms with E-state index in [4.69, 9.17) is 19.3 Å². The zero-order chi connectivity index (χ0) is 42.1. The van der Waals surface area contributed by atoms with Gasteiger partial charge in [0.25, 0.3) is 0 Å². The Balaban J connectivity index is 3.99. The first-order valence-corrected chi connectivity index (χ1v) is 24.1. The van der Waals surface area contributed by atoms with Gasteiger partial charge in [0.05, 0.1) is 12.7 Å². The van der Waals surface area contributed by atoms with Crippen LogP contribution in [-0.4, -0.2) is 52.3 Å². The summed E-state index contributed by atoms with van der Waals surface area (Å²) in [6, 6.07) is 0. The Kier molecular flexibility index (Phi) is 38.9. The van der Waals surface area contributed by atoms with Gasteiger partial charge in [0.2, 0.25) is 0 Å². The fourth-order valence-electron chi connectivity index (χ4n) is 6.21. The third-order valence-corrected chi connectivity index (χ3v) is 10.0. The molecule has 0 aliphatic rings. The Hall–Kier alpha value is -2.29. The molecule has 0 saturated heterocycles. The second-order valence-electron chi connectivity index (χ2n) is 15.7. The summed E-state index contributed by atoms with van der Waals surface area (Å²) in [5.74, 6) is -0.147. The van der Waals surface area contributed by atoms with Gasteiger partial charge in [0.15, 0.2) is 6.10 Å². The Bertz CT molecular complexity index is 1140. The summed E-state index contributed by atoms with van der Waals surface area (Å²) in [6.45, 7) is 5.82. The molecular formula is C47H83O9P. The van der Waals surface area contributed by atoms with E-state index in [-0.39, 0.29) is 19.4 Å². The Labute approximate surface area is 348 Å². The normalized spacial score (nSPS) is 13.7. The number of phosphoric acid groups is 1. The maximum atomic E-state index is 12.4. The SMILES string of the molecule is CC/C=C\C/C=C\CC(O)/C=C/C=C\C/C=C\CCCC(=O)OC[C@H](COP(=O)(O)O)OC(=O)CCCCCCCCCCCCCCCCCCCCC(C)C. The Morgan fingerprint density at radius 3 is 1.67 bits per heavy atom. The van der Waals surface area contributed by atoms with Gasteiger partial charge in [0.1, 0.15) is 6.61 Å². The molecule has 3 N–H and O–H groups in total. The monoisotopic (exact) mass is 823 g/mol. The summed E-state index contributed by atoms with van der Waals surface area (Å²) < 4.78 is 26.4. The molecule has 0 fully saturated rings. The average Bonchev–Trinajstić information content (AvgIpc) is 3.16. The van der Waals surface area contributed by atoms with E-state index in [1.807, 2.05) is 42.5 Å². The number of hydrogen-bond donors (Lipinski definition) is 3. The second kappa shape index (κ2) is 40.5. The molecule has 10 heteroatoms. The molecule has 330 valence electrons. The van der Waals surface area contributed by atoms with Crippen LogP contribution in [0.25, 0.3) is 0 Å². The molecule has 0 aromatic rings. The minimum absolute atomic E-state index is 0.156. The summed E-state index contributed by atoms with van der Waals surface area (Å²) in [5.41, 5.74) is 0. The van der Waals surface area contributed by atoms with Crippen LogP contribution in [0.15, 0.2) is 60.8 Å². The number of rotatable bonds is 40. The van der Waals surface area contributed by atoms with Crippen LogP contribution in [0.1, 0.15) is 194 Å². The van der Waals surface area contributed by atoms with E-state index in [2.05, 4.69) is 37.4 Å². The first kappa shape index (κ1) is 54.7. The predicted molar refractivity (Wildman–Crippen MR) is 236 cm³/mol. The van der Waals surface area contributed by atoms with E-state index in [0.717, 1.165) is 44.4 Å². The number of allylic oxidation sites excluding steroid dienone is 8. The summed E-state index contributed by atoms with van der Waals surface area (Å²) in [6.07, 6.45) is 47.0. The van der Waals surface area contributed by atoms with Crippen molar-refractivity contribution in [2.75, 3.05) is 13.2 Å². The van der Waals surface area contributed by atoms with E-state index >= 15 is 0 Å². The zero-order valence-electron chi connectivity index (χ0n) is 36.2. The van der Waals surface area contributed by atoms with E-state index in [0.29, 0.717) is 25.7 Å². The topological polar surface area (TPSA) is 140 Å². The molecule has 0 spiro atoms. The molecule has 0 saturated carbocycles. The van der Waals surface area contributed by atoms with Crippen molar-refractivity contribution in [1.82, 2.24) is 0 Å². The van der Waals surface area contributed by atoms with E-state index < -0.39 is 38.6 Å². The number of esters is 2. The smallest absolute Gasteiger partial charge is 0.462 e. The van der Waals surface area contributed by atoms with Gasteiger partial charge in [-0.1, -0.05) is 197 Å². The van der Waals surface area contributed by atoms with E-state index in [1.54, 1.807) is 6.08 Å². The molecule has 0 bridgehead atoms. The van der Waals surface area contributed by atoms with Crippen molar-refractivity contribution in [2.24, 2.45) is 5.92 Å². The highest BCUT2D eigenvalue weighted by atomic mass is 31.2. The van der Waals surface area contributed by atoms with Gasteiger partial charge >= 0.3 is 19.8 Å². The largest absolute Gasteiger partial charge is 0.469 e. The minimum Gasteiger partial charge on any atom is -0.462 e. The van der Waals surface area contributed by atoms with Crippen LogP contribution in [0, 0.1) is 5.92 Å². The van der Waals surface area contributed by atoms with Crippen molar-refractivity contribution in [3.8, 4) is 0 Å². The molecule has 9 nitrogen and oxygen atoms in total. The maximum Gasteiger partial charge on any atom is 0.469 e. The lowest BCUT2D eigenvalue weighted by Crippen LogP contribution is -2.29. The number of unbranched alkanes of at least 4 members (excludes halogenated alkanes) is 18. The number of aliphatic hydroxyl groups excluding tert-OH is 1. The standard InChI is InChI=1S/C47H83O9P/c1-4-5-6-7-27-32-37-44(48)38-33-28-23-20-21-24-29-34-39-46(49)54-41-45(42-55-57(51,52)53)56-47(50)40-35-30-25-19-17-15-13-11-9-8-10-12-14-16-18-22-26-31-36-43(2)3/h5-6,21,23-24,27-28,32-33,38,43-45,48H,4,7-20,22,25-26,29-31,34-37,39-42H2,1-3H3,(H2,51,52,53)/b6-5-,24-21-,28-23-,32-27-,38-33+/t44?,45-/m1/s1. The lowest BCUT2D eigenvalue weighted by atomic mass is 10.0. The zero-order valence-corrected chi connectivity index (χ0v) is 37.1. The molecule has 1 unspecified atom stereocenters. The lowest BCUT2D eigenvalue weighted by Gasteiger charge is -2.18. The molecule has 0 aromatic carbocycles. The van der Waals surface area contributed by atoms with Gasteiger partial charge in [-0.25, -0.2) is 4.57 Å². The van der Waals surface area contributed by atoms with Crippen molar-refractivity contribution >= 4 is 19.8 Å². The van der Waals surface area contributed by atoms with E-state index in [9.17, 15) is 19.3 Å². The van der Waals surface area contributed by atoms with Crippen LogP contribution < -0.4 is 0 Å². The number of ether oxygens (including phenoxy) is 2. The van der Waals surface area contributed by atoms with Crippen LogP contribution in [0.5, 0.6) is 0 Å². The van der Waals surface area contributed by atoms with Crippen LogP contribution in [0.3, 0.4) is 0 Å². The third-order valence-electron chi connectivity index (χ3n) is 9.56. The number of carbonyl (C=O) groups is 2. The van der Waals surface area contributed by atoms with Crippen molar-refractivity contribution in [3.63, 3.8) is 0 Å². The molecule has 2 atom stereocenters. The molecule has 0 aliphatic carbocycles. The summed E-state index contributed by atoms with van der Waals surface area (Å²) in [7, 11) is -4.78. The van der Waals surface area contributed by atoms with Gasteiger partial charge in [-0.2, -0.15) is 0 Å². The highest BCUT2D eigenvalue weighted by Crippen LogP contribution is 2.36. The summed E-state index contributed by atoms with van der Waals surface area (Å²) in [5, 5.41) is 9.98. The van der Waals surface area contributed by atoms with Crippen LogP contribution in [-0.2, 0) is 28.2 Å². The van der Waals surface area contributed by atoms with Crippen molar-refractivity contribution in [2.45, 2.75) is 206 Å². The number of carbonyl (C=O) groups excluding carboxylic acids is 2. The minimum atomic E-state index is -4.78. The molecular weight excluding hydrogens is 739 g/mol. The first-order valence-electron chi connectivity index (χ1n) is 22.5. The van der Waals surface area contributed by atoms with Crippen molar-refractivity contribution in [1.29, 1.82) is 0 Å². The second-order valence-corrected chi connectivity index (χ2v) is 16.9. The predicted octanol–water partition coefficient (Wildman–Crippen LogP) is 12.9. The van der Waals surface area contributed by atoms with Crippen LogP contribution >= 0.6 is 7.82 Å². The number of hydrogen-bond acceptors (Lipinski definition) is 7. The fraction of sp³-hybridized carbons (Fsp3) is 0.745. The molecule has 0 aromatic heterocycles. The van der Waals surface area contributed by atoms with Gasteiger partial charge < -0.3 is 24.4 Å². The molecule has 0 amide bonds. The maximum absolute atomic E-state index is 12.4. The first-order chi connectivity index (χ1) is 27.5. The Morgan fingerprint density at radius 1 is 0.596 bits per heavy atom. The molecule has 0 radical (unpaired) electrons. The van der Waals surface area contributed by atoms with Gasteiger partial charge in [-0.3, -0.25) is 14.1 Å². The highest BCUT2D eigenvalue weighted by molar-refractivity contribution is 7.46. The fourth-order valence-corrected chi connectivity index (χ4v) is 6.57. The van der Waals surface area contributed by atoms with Gasteiger partial charge in [-0.15, -0.1) is 0 Å².